The highest BCUT2D eigenvalue weighted by Gasteiger charge is 2.33. The van der Waals surface area contributed by atoms with Crippen molar-refractivity contribution >= 4 is 22.4 Å². The molecule has 2 heterocycles. The zero-order chi connectivity index (χ0) is 15.6. The van der Waals surface area contributed by atoms with E-state index in [-0.39, 0.29) is 18.4 Å². The molecule has 0 bridgehead atoms. The van der Waals surface area contributed by atoms with Crippen LogP contribution in [0.25, 0.3) is 0 Å². The number of nitrogens with one attached hydrogen (secondary N) is 1. The molecule has 1 saturated heterocycles. The Bertz CT molecular complexity index is 630. The van der Waals surface area contributed by atoms with E-state index < -0.39 is 10.0 Å². The second-order valence-electron chi connectivity index (χ2n) is 5.98. The Morgan fingerprint density at radius 1 is 1.39 bits per heavy atom. The SMILES string of the molecule is CCCN(C1CCNC1)S(=O)(=O)c1ccc2c(c1)CCCO2.Cl. The molecular formula is C16H25ClN2O3S. The van der Waals surface area contributed by atoms with Gasteiger partial charge in [-0.25, -0.2) is 8.42 Å². The van der Waals surface area contributed by atoms with E-state index in [1.807, 2.05) is 6.92 Å². The van der Waals surface area contributed by atoms with E-state index in [2.05, 4.69) is 5.32 Å². The molecule has 7 heteroatoms. The van der Waals surface area contributed by atoms with Crippen molar-refractivity contribution in [3.63, 3.8) is 0 Å². The van der Waals surface area contributed by atoms with Crippen molar-refractivity contribution in [1.29, 1.82) is 0 Å². The summed E-state index contributed by atoms with van der Waals surface area (Å²) in [5, 5.41) is 3.26. The Morgan fingerprint density at radius 3 is 2.91 bits per heavy atom. The third-order valence-corrected chi connectivity index (χ3v) is 6.32. The third-order valence-electron chi connectivity index (χ3n) is 4.37. The topological polar surface area (TPSA) is 58.6 Å². The van der Waals surface area contributed by atoms with E-state index in [4.69, 9.17) is 4.74 Å². The first-order valence-corrected chi connectivity index (χ1v) is 9.55. The van der Waals surface area contributed by atoms with Gasteiger partial charge in [-0.1, -0.05) is 6.92 Å². The van der Waals surface area contributed by atoms with Crippen LogP contribution in [0.2, 0.25) is 0 Å². The molecule has 2 aliphatic rings. The molecule has 0 aromatic heterocycles. The number of halogens is 1. The van der Waals surface area contributed by atoms with Crippen LogP contribution in [-0.2, 0) is 16.4 Å². The van der Waals surface area contributed by atoms with Gasteiger partial charge in [-0.15, -0.1) is 12.4 Å². The van der Waals surface area contributed by atoms with Gasteiger partial charge in [0, 0.05) is 19.1 Å². The van der Waals surface area contributed by atoms with E-state index in [1.165, 1.54) is 0 Å². The summed E-state index contributed by atoms with van der Waals surface area (Å²) >= 11 is 0. The van der Waals surface area contributed by atoms with E-state index in [9.17, 15) is 8.42 Å². The molecule has 1 unspecified atom stereocenters. The van der Waals surface area contributed by atoms with Gasteiger partial charge in [-0.2, -0.15) is 4.31 Å². The van der Waals surface area contributed by atoms with Crippen LogP contribution in [0.4, 0.5) is 0 Å². The van der Waals surface area contributed by atoms with E-state index in [0.29, 0.717) is 11.4 Å². The predicted octanol–water partition coefficient (Wildman–Crippen LogP) is 2.20. The number of aryl methyl sites for hydroxylation is 1. The van der Waals surface area contributed by atoms with Crippen molar-refractivity contribution in [2.45, 2.75) is 43.5 Å². The molecule has 0 spiro atoms. The van der Waals surface area contributed by atoms with Gasteiger partial charge in [0.1, 0.15) is 5.75 Å². The number of hydrogen-bond acceptors (Lipinski definition) is 4. The number of nitrogens with zero attached hydrogens (tertiary/aromatic N) is 1. The standard InChI is InChI=1S/C16H24N2O3S.ClH/c1-2-9-18(14-7-8-17-12-14)22(19,20)15-5-6-16-13(11-15)4-3-10-21-16;/h5-6,11,14,17H,2-4,7-10,12H2,1H3;1H. The molecule has 1 fully saturated rings. The highest BCUT2D eigenvalue weighted by atomic mass is 35.5. The monoisotopic (exact) mass is 360 g/mol. The number of sulfonamides is 1. The third kappa shape index (κ3) is 3.82. The molecule has 1 atom stereocenters. The number of benzene rings is 1. The molecule has 0 aliphatic carbocycles. The van der Waals surface area contributed by atoms with E-state index in [0.717, 1.165) is 56.7 Å². The second kappa shape index (κ2) is 7.83. The van der Waals surface area contributed by atoms with Crippen LogP contribution in [-0.4, -0.2) is 45.0 Å². The van der Waals surface area contributed by atoms with Crippen LogP contribution in [0.5, 0.6) is 5.75 Å². The van der Waals surface area contributed by atoms with Crippen molar-refractivity contribution in [2.24, 2.45) is 0 Å². The number of rotatable bonds is 5. The minimum Gasteiger partial charge on any atom is -0.493 e. The van der Waals surface area contributed by atoms with E-state index in [1.54, 1.807) is 22.5 Å². The van der Waals surface area contributed by atoms with Crippen LogP contribution >= 0.6 is 12.4 Å². The fourth-order valence-electron chi connectivity index (χ4n) is 3.24. The summed E-state index contributed by atoms with van der Waals surface area (Å²) in [5.41, 5.74) is 1.01. The van der Waals surface area contributed by atoms with Crippen LogP contribution in [0, 0.1) is 0 Å². The molecule has 1 aromatic carbocycles. The molecular weight excluding hydrogens is 336 g/mol. The number of ether oxygens (including phenoxy) is 1. The Morgan fingerprint density at radius 2 is 2.22 bits per heavy atom. The highest BCUT2D eigenvalue weighted by Crippen LogP contribution is 2.29. The first kappa shape index (κ1) is 18.5. The van der Waals surface area contributed by atoms with Crippen molar-refractivity contribution in [3.05, 3.63) is 23.8 Å². The summed E-state index contributed by atoms with van der Waals surface area (Å²) in [5.74, 6) is 0.828. The lowest BCUT2D eigenvalue weighted by atomic mass is 10.1. The summed E-state index contributed by atoms with van der Waals surface area (Å²) in [6.07, 6.45) is 3.54. The minimum atomic E-state index is -3.44. The summed E-state index contributed by atoms with van der Waals surface area (Å²) in [4.78, 5) is 0.400. The van der Waals surface area contributed by atoms with Crippen LogP contribution < -0.4 is 10.1 Å². The minimum absolute atomic E-state index is 0. The lowest BCUT2D eigenvalue weighted by molar-refractivity contribution is 0.288. The lowest BCUT2D eigenvalue weighted by Gasteiger charge is -2.28. The zero-order valence-electron chi connectivity index (χ0n) is 13.5. The molecule has 23 heavy (non-hydrogen) atoms. The van der Waals surface area contributed by atoms with Gasteiger partial charge >= 0.3 is 0 Å². The van der Waals surface area contributed by atoms with Crippen molar-refractivity contribution in [2.75, 3.05) is 26.2 Å². The average molecular weight is 361 g/mol. The van der Waals surface area contributed by atoms with Crippen LogP contribution in [0.3, 0.4) is 0 Å². The van der Waals surface area contributed by atoms with Gasteiger partial charge in [0.15, 0.2) is 0 Å². The maximum Gasteiger partial charge on any atom is 0.243 e. The summed E-state index contributed by atoms with van der Waals surface area (Å²) in [6.45, 7) is 4.94. The first-order valence-electron chi connectivity index (χ1n) is 8.11. The Hall–Kier alpha value is -0.820. The normalized spacial score (nSPS) is 20.7. The van der Waals surface area contributed by atoms with Crippen molar-refractivity contribution in [1.82, 2.24) is 9.62 Å². The molecule has 0 radical (unpaired) electrons. The highest BCUT2D eigenvalue weighted by molar-refractivity contribution is 7.89. The Kier molecular flexibility index (Phi) is 6.31. The zero-order valence-corrected chi connectivity index (χ0v) is 15.1. The molecule has 5 nitrogen and oxygen atoms in total. The maximum atomic E-state index is 13.1. The lowest BCUT2D eigenvalue weighted by Crippen LogP contribution is -2.42. The van der Waals surface area contributed by atoms with Gasteiger partial charge in [-0.3, -0.25) is 0 Å². The van der Waals surface area contributed by atoms with Gasteiger partial charge in [0.25, 0.3) is 0 Å². The predicted molar refractivity (Wildman–Crippen MR) is 93.0 cm³/mol. The van der Waals surface area contributed by atoms with Gasteiger partial charge in [-0.05, 0) is 56.0 Å². The van der Waals surface area contributed by atoms with Gasteiger partial charge in [0.05, 0.1) is 11.5 Å². The van der Waals surface area contributed by atoms with Gasteiger partial charge < -0.3 is 10.1 Å². The quantitative estimate of drug-likeness (QED) is 0.874. The summed E-state index contributed by atoms with van der Waals surface area (Å²) in [6, 6.07) is 5.36. The number of fused-ring (bicyclic) bond motifs is 1. The van der Waals surface area contributed by atoms with Crippen molar-refractivity contribution < 1.29 is 13.2 Å². The van der Waals surface area contributed by atoms with Gasteiger partial charge in [0.2, 0.25) is 10.0 Å². The van der Waals surface area contributed by atoms with E-state index >= 15 is 0 Å². The van der Waals surface area contributed by atoms with Crippen LogP contribution in [0.15, 0.2) is 23.1 Å². The maximum absolute atomic E-state index is 13.1. The molecule has 130 valence electrons. The molecule has 3 rings (SSSR count). The smallest absolute Gasteiger partial charge is 0.243 e. The molecule has 0 saturated carbocycles. The first-order chi connectivity index (χ1) is 10.6. The molecule has 2 aliphatic heterocycles. The second-order valence-corrected chi connectivity index (χ2v) is 7.87. The Labute approximate surface area is 144 Å². The summed E-state index contributed by atoms with van der Waals surface area (Å²) in [7, 11) is -3.44. The molecule has 1 aromatic rings. The molecule has 1 N–H and O–H groups in total. The number of hydrogen-bond donors (Lipinski definition) is 1. The fraction of sp³-hybridized carbons (Fsp3) is 0.625. The average Bonchev–Trinajstić information content (AvgIpc) is 3.06. The summed E-state index contributed by atoms with van der Waals surface area (Å²) < 4.78 is 33.4. The molecule has 0 amide bonds. The largest absolute Gasteiger partial charge is 0.493 e. The fourth-order valence-corrected chi connectivity index (χ4v) is 5.03. The van der Waals surface area contributed by atoms with Crippen molar-refractivity contribution in [3.8, 4) is 5.75 Å². The van der Waals surface area contributed by atoms with Crippen LogP contribution in [0.1, 0.15) is 31.7 Å². The Balaban J connectivity index is 0.00000192.